The lowest BCUT2D eigenvalue weighted by atomic mass is 10.2. The SMILES string of the molecule is C#CC[n+]1c(C)ccc2cc(O)ccc21. The van der Waals surface area contributed by atoms with E-state index in [0.717, 1.165) is 16.6 Å². The first-order valence-corrected chi connectivity index (χ1v) is 4.78. The van der Waals surface area contributed by atoms with Gasteiger partial charge in [0.25, 0.3) is 0 Å². The summed E-state index contributed by atoms with van der Waals surface area (Å²) in [5, 5.41) is 10.4. The zero-order chi connectivity index (χ0) is 10.8. The summed E-state index contributed by atoms with van der Waals surface area (Å²) in [5.74, 6) is 2.91. The molecule has 0 fully saturated rings. The summed E-state index contributed by atoms with van der Waals surface area (Å²) >= 11 is 0. The van der Waals surface area contributed by atoms with Gasteiger partial charge < -0.3 is 5.11 Å². The van der Waals surface area contributed by atoms with Crippen molar-refractivity contribution < 1.29 is 9.67 Å². The van der Waals surface area contributed by atoms with Crippen molar-refractivity contribution in [2.75, 3.05) is 0 Å². The minimum atomic E-state index is 0.276. The predicted octanol–water partition coefficient (Wildman–Crippen LogP) is 1.77. The summed E-state index contributed by atoms with van der Waals surface area (Å²) in [6.07, 6.45) is 5.33. The van der Waals surface area contributed by atoms with E-state index in [-0.39, 0.29) is 5.75 Å². The highest BCUT2D eigenvalue weighted by Gasteiger charge is 2.10. The van der Waals surface area contributed by atoms with Crippen LogP contribution in [0.4, 0.5) is 0 Å². The second-order valence-corrected chi connectivity index (χ2v) is 3.51. The van der Waals surface area contributed by atoms with Crippen LogP contribution in [0.25, 0.3) is 10.9 Å². The third kappa shape index (κ3) is 1.64. The van der Waals surface area contributed by atoms with Crippen LogP contribution in [0.5, 0.6) is 5.75 Å². The molecule has 1 aromatic carbocycles. The number of aromatic hydroxyl groups is 1. The topological polar surface area (TPSA) is 24.1 Å². The second-order valence-electron chi connectivity index (χ2n) is 3.51. The van der Waals surface area contributed by atoms with E-state index < -0.39 is 0 Å². The van der Waals surface area contributed by atoms with Crippen LogP contribution in [-0.2, 0) is 6.54 Å². The van der Waals surface area contributed by atoms with E-state index in [1.165, 1.54) is 0 Å². The highest BCUT2D eigenvalue weighted by molar-refractivity contribution is 5.77. The summed E-state index contributed by atoms with van der Waals surface area (Å²) in [5.41, 5.74) is 2.16. The van der Waals surface area contributed by atoms with Gasteiger partial charge in [-0.25, -0.2) is 0 Å². The van der Waals surface area contributed by atoms with Crippen molar-refractivity contribution in [2.24, 2.45) is 0 Å². The highest BCUT2D eigenvalue weighted by atomic mass is 16.3. The number of benzene rings is 1. The van der Waals surface area contributed by atoms with Crippen LogP contribution < -0.4 is 4.57 Å². The number of phenolic OH excluding ortho intramolecular Hbond substituents is 1. The van der Waals surface area contributed by atoms with E-state index in [4.69, 9.17) is 6.42 Å². The molecule has 15 heavy (non-hydrogen) atoms. The molecule has 0 bridgehead atoms. The molecule has 0 radical (unpaired) electrons. The number of pyridine rings is 1. The minimum absolute atomic E-state index is 0.276. The zero-order valence-corrected chi connectivity index (χ0v) is 8.57. The molecule has 2 nitrogen and oxygen atoms in total. The Morgan fingerprint density at radius 3 is 2.87 bits per heavy atom. The molecular weight excluding hydrogens is 186 g/mol. The Morgan fingerprint density at radius 1 is 1.33 bits per heavy atom. The Bertz CT molecular complexity index is 552. The molecule has 0 aliphatic heterocycles. The van der Waals surface area contributed by atoms with Gasteiger partial charge in [0.15, 0.2) is 5.69 Å². The van der Waals surface area contributed by atoms with Gasteiger partial charge in [0.1, 0.15) is 5.75 Å². The van der Waals surface area contributed by atoms with Gasteiger partial charge in [-0.3, -0.25) is 0 Å². The number of nitrogens with zero attached hydrogens (tertiary/aromatic N) is 1. The molecule has 74 valence electrons. The fourth-order valence-corrected chi connectivity index (χ4v) is 1.71. The number of phenols is 1. The first-order valence-electron chi connectivity index (χ1n) is 4.78. The van der Waals surface area contributed by atoms with E-state index in [2.05, 4.69) is 10.5 Å². The van der Waals surface area contributed by atoms with Gasteiger partial charge in [0.2, 0.25) is 12.1 Å². The molecule has 2 aromatic rings. The Labute approximate surface area is 88.8 Å². The molecule has 0 atom stereocenters. The van der Waals surface area contributed by atoms with Crippen LogP contribution in [0.3, 0.4) is 0 Å². The van der Waals surface area contributed by atoms with Gasteiger partial charge in [0, 0.05) is 19.1 Å². The maximum atomic E-state index is 9.37. The molecule has 0 saturated carbocycles. The average molecular weight is 198 g/mol. The maximum absolute atomic E-state index is 9.37. The lowest BCUT2D eigenvalue weighted by Crippen LogP contribution is -2.37. The Hall–Kier alpha value is -2.01. The number of terminal acetylenes is 1. The van der Waals surface area contributed by atoms with E-state index in [1.807, 2.05) is 25.1 Å². The van der Waals surface area contributed by atoms with Crippen molar-refractivity contribution in [1.29, 1.82) is 0 Å². The molecular formula is C13H12NO+. The lowest BCUT2D eigenvalue weighted by Gasteiger charge is -2.01. The molecule has 2 heteroatoms. The summed E-state index contributed by atoms with van der Waals surface area (Å²) in [6, 6.07) is 9.28. The summed E-state index contributed by atoms with van der Waals surface area (Å²) in [4.78, 5) is 0. The molecule has 1 aromatic heterocycles. The van der Waals surface area contributed by atoms with Gasteiger partial charge in [0.05, 0.1) is 5.39 Å². The smallest absolute Gasteiger partial charge is 0.213 e. The molecule has 0 amide bonds. The summed E-state index contributed by atoms with van der Waals surface area (Å²) < 4.78 is 2.05. The largest absolute Gasteiger partial charge is 0.508 e. The van der Waals surface area contributed by atoms with Gasteiger partial charge in [-0.15, -0.1) is 6.42 Å². The molecule has 0 spiro atoms. The number of rotatable bonds is 1. The van der Waals surface area contributed by atoms with Gasteiger partial charge in [-0.05, 0) is 24.1 Å². The Balaban J connectivity index is 2.77. The van der Waals surface area contributed by atoms with Crippen molar-refractivity contribution in [3.05, 3.63) is 36.0 Å². The average Bonchev–Trinajstić information content (AvgIpc) is 2.22. The van der Waals surface area contributed by atoms with Gasteiger partial charge in [-0.1, -0.05) is 0 Å². The van der Waals surface area contributed by atoms with E-state index in [0.29, 0.717) is 6.54 Å². The molecule has 0 unspecified atom stereocenters. The normalized spacial score (nSPS) is 10.1. The molecule has 0 aliphatic rings. The molecule has 2 rings (SSSR count). The highest BCUT2D eigenvalue weighted by Crippen LogP contribution is 2.17. The number of hydrogen-bond acceptors (Lipinski definition) is 1. The van der Waals surface area contributed by atoms with Crippen LogP contribution >= 0.6 is 0 Å². The van der Waals surface area contributed by atoms with Crippen molar-refractivity contribution in [3.8, 4) is 18.1 Å². The third-order valence-corrected chi connectivity index (χ3v) is 2.48. The molecule has 1 heterocycles. The number of aromatic nitrogens is 1. The number of fused-ring (bicyclic) bond motifs is 1. The third-order valence-electron chi connectivity index (χ3n) is 2.48. The van der Waals surface area contributed by atoms with Crippen molar-refractivity contribution >= 4 is 10.9 Å². The Kier molecular flexibility index (Phi) is 2.31. The lowest BCUT2D eigenvalue weighted by molar-refractivity contribution is -0.664. The standard InChI is InChI=1S/C13H11NO/c1-3-8-14-10(2)4-5-11-9-12(15)6-7-13(11)14/h1,4-7,9H,8H2,2H3/p+1. The van der Waals surface area contributed by atoms with Crippen LogP contribution in [0.2, 0.25) is 0 Å². The fraction of sp³-hybridized carbons (Fsp3) is 0.154. The summed E-state index contributed by atoms with van der Waals surface area (Å²) in [7, 11) is 0. The van der Waals surface area contributed by atoms with E-state index >= 15 is 0 Å². The van der Waals surface area contributed by atoms with Crippen LogP contribution in [0, 0.1) is 19.3 Å². The fourth-order valence-electron chi connectivity index (χ4n) is 1.71. The quantitative estimate of drug-likeness (QED) is 0.548. The number of aryl methyl sites for hydroxylation is 1. The van der Waals surface area contributed by atoms with Crippen molar-refractivity contribution in [1.82, 2.24) is 0 Å². The monoisotopic (exact) mass is 198 g/mol. The van der Waals surface area contributed by atoms with Crippen molar-refractivity contribution in [2.45, 2.75) is 13.5 Å². The van der Waals surface area contributed by atoms with E-state index in [1.54, 1.807) is 12.1 Å². The first-order chi connectivity index (χ1) is 7.22. The van der Waals surface area contributed by atoms with E-state index in [9.17, 15) is 5.11 Å². The van der Waals surface area contributed by atoms with Crippen molar-refractivity contribution in [3.63, 3.8) is 0 Å². The zero-order valence-electron chi connectivity index (χ0n) is 8.57. The predicted molar refractivity (Wildman–Crippen MR) is 59.4 cm³/mol. The maximum Gasteiger partial charge on any atom is 0.213 e. The van der Waals surface area contributed by atoms with Gasteiger partial charge >= 0.3 is 0 Å². The first kappa shape index (κ1) is 9.54. The van der Waals surface area contributed by atoms with Crippen LogP contribution in [-0.4, -0.2) is 5.11 Å². The number of hydrogen-bond donors (Lipinski definition) is 1. The molecule has 0 saturated heterocycles. The second kappa shape index (κ2) is 3.62. The Morgan fingerprint density at radius 2 is 2.13 bits per heavy atom. The minimum Gasteiger partial charge on any atom is -0.508 e. The van der Waals surface area contributed by atoms with Crippen LogP contribution in [0.1, 0.15) is 5.69 Å². The molecule has 1 N–H and O–H groups in total. The van der Waals surface area contributed by atoms with Gasteiger partial charge in [-0.2, -0.15) is 4.57 Å². The molecule has 0 aliphatic carbocycles. The van der Waals surface area contributed by atoms with Crippen LogP contribution in [0.15, 0.2) is 30.3 Å². The summed E-state index contributed by atoms with van der Waals surface area (Å²) in [6.45, 7) is 2.57.